The zero-order valence-corrected chi connectivity index (χ0v) is 13.9. The molecule has 0 aliphatic heterocycles. The van der Waals surface area contributed by atoms with E-state index < -0.39 is 0 Å². The number of nitriles is 1. The SMILES string of the molecule is Cc1nc(CO)cc(-n2ncc3ccc([C@]4(C#N)CC45CC5)cc32)n1. The van der Waals surface area contributed by atoms with E-state index in [1.165, 1.54) is 0 Å². The molecule has 25 heavy (non-hydrogen) atoms. The second-order valence-electron chi connectivity index (χ2n) is 7.23. The molecule has 0 radical (unpaired) electrons. The summed E-state index contributed by atoms with van der Waals surface area (Å²) in [4.78, 5) is 8.66. The van der Waals surface area contributed by atoms with E-state index in [0.717, 1.165) is 35.7 Å². The Kier molecular flexibility index (Phi) is 2.70. The number of aliphatic hydroxyl groups excluding tert-OH is 1. The molecule has 1 N–H and O–H groups in total. The summed E-state index contributed by atoms with van der Waals surface area (Å²) in [6, 6.07) is 10.5. The van der Waals surface area contributed by atoms with E-state index in [1.807, 2.05) is 6.07 Å². The fourth-order valence-electron chi connectivity index (χ4n) is 4.12. The Morgan fingerprint density at radius 3 is 2.80 bits per heavy atom. The predicted molar refractivity (Wildman–Crippen MR) is 90.9 cm³/mol. The fourth-order valence-corrected chi connectivity index (χ4v) is 4.12. The highest BCUT2D eigenvalue weighted by Crippen LogP contribution is 2.78. The van der Waals surface area contributed by atoms with Gasteiger partial charge in [0.1, 0.15) is 5.82 Å². The Bertz CT molecular complexity index is 1060. The van der Waals surface area contributed by atoms with Crippen molar-refractivity contribution in [2.45, 2.75) is 38.2 Å². The Morgan fingerprint density at radius 2 is 2.12 bits per heavy atom. The zero-order valence-electron chi connectivity index (χ0n) is 13.9. The number of aromatic nitrogens is 4. The van der Waals surface area contributed by atoms with Crippen LogP contribution in [0, 0.1) is 23.7 Å². The third-order valence-corrected chi connectivity index (χ3v) is 5.75. The van der Waals surface area contributed by atoms with E-state index in [2.05, 4.69) is 33.3 Å². The molecule has 6 nitrogen and oxygen atoms in total. The topological polar surface area (TPSA) is 87.6 Å². The molecule has 1 aromatic carbocycles. The molecule has 3 aromatic rings. The largest absolute Gasteiger partial charge is 0.390 e. The first-order valence-electron chi connectivity index (χ1n) is 8.46. The number of nitrogens with zero attached hydrogens (tertiary/aromatic N) is 5. The van der Waals surface area contributed by atoms with E-state index in [9.17, 15) is 10.4 Å². The van der Waals surface area contributed by atoms with Gasteiger partial charge < -0.3 is 5.11 Å². The number of benzene rings is 1. The molecular formula is C19H17N5O. The van der Waals surface area contributed by atoms with Crippen molar-refractivity contribution in [2.75, 3.05) is 0 Å². The maximum atomic E-state index is 9.78. The highest BCUT2D eigenvalue weighted by atomic mass is 16.3. The van der Waals surface area contributed by atoms with Gasteiger partial charge in [-0.3, -0.25) is 0 Å². The number of hydrogen-bond donors (Lipinski definition) is 1. The first-order valence-corrected chi connectivity index (χ1v) is 8.46. The molecule has 0 bridgehead atoms. The summed E-state index contributed by atoms with van der Waals surface area (Å²) in [7, 11) is 0. The molecule has 0 amide bonds. The molecule has 2 aromatic heterocycles. The lowest BCUT2D eigenvalue weighted by Crippen LogP contribution is -2.08. The van der Waals surface area contributed by atoms with Crippen LogP contribution in [0.4, 0.5) is 0 Å². The van der Waals surface area contributed by atoms with Crippen LogP contribution < -0.4 is 0 Å². The molecule has 2 aliphatic carbocycles. The maximum absolute atomic E-state index is 9.78. The van der Waals surface area contributed by atoms with Crippen molar-refractivity contribution in [3.8, 4) is 11.9 Å². The van der Waals surface area contributed by atoms with Crippen molar-refractivity contribution in [1.29, 1.82) is 5.26 Å². The van der Waals surface area contributed by atoms with Gasteiger partial charge in [-0.05, 0) is 43.2 Å². The van der Waals surface area contributed by atoms with Crippen LogP contribution in [0.25, 0.3) is 16.7 Å². The number of aryl methyl sites for hydroxylation is 1. The molecule has 0 saturated heterocycles. The lowest BCUT2D eigenvalue weighted by Gasteiger charge is -2.10. The van der Waals surface area contributed by atoms with Gasteiger partial charge in [-0.15, -0.1) is 0 Å². The van der Waals surface area contributed by atoms with Crippen molar-refractivity contribution in [3.63, 3.8) is 0 Å². The molecule has 2 heterocycles. The third kappa shape index (κ3) is 1.90. The van der Waals surface area contributed by atoms with Crippen molar-refractivity contribution < 1.29 is 5.11 Å². The van der Waals surface area contributed by atoms with Crippen LogP contribution in [0.5, 0.6) is 0 Å². The molecule has 1 atom stereocenters. The summed E-state index contributed by atoms with van der Waals surface area (Å²) in [6.07, 6.45) is 5.08. The lowest BCUT2D eigenvalue weighted by atomic mass is 9.93. The quantitative estimate of drug-likeness (QED) is 0.797. The van der Waals surface area contributed by atoms with Crippen molar-refractivity contribution in [3.05, 3.63) is 47.5 Å². The molecule has 2 aliphatic rings. The smallest absolute Gasteiger partial charge is 0.158 e. The molecule has 124 valence electrons. The van der Waals surface area contributed by atoms with Gasteiger partial charge >= 0.3 is 0 Å². The number of fused-ring (bicyclic) bond motifs is 1. The van der Waals surface area contributed by atoms with Crippen LogP contribution in [0.15, 0.2) is 30.5 Å². The van der Waals surface area contributed by atoms with Crippen LogP contribution in [-0.2, 0) is 12.0 Å². The van der Waals surface area contributed by atoms with Crippen LogP contribution in [0.1, 0.15) is 36.3 Å². The molecular weight excluding hydrogens is 314 g/mol. The Labute approximate surface area is 144 Å². The minimum absolute atomic E-state index is 0.138. The Hall–Kier alpha value is -2.78. The standard InChI is InChI=1S/C19H17N5O/c1-12-22-15(9-25)7-17(23-12)24-16-6-14(3-2-13(16)8-21-24)19(11-20)10-18(19)4-5-18/h2-3,6-8,25H,4-5,9-10H2,1H3/t19-/m1/s1. The summed E-state index contributed by atoms with van der Waals surface area (Å²) in [5, 5.41) is 24.6. The second kappa shape index (κ2) is 4.64. The first-order chi connectivity index (χ1) is 12.1. The zero-order chi connectivity index (χ0) is 17.2. The normalized spacial score (nSPS) is 22.9. The summed E-state index contributed by atoms with van der Waals surface area (Å²) in [5.74, 6) is 1.22. The average molecular weight is 331 g/mol. The van der Waals surface area contributed by atoms with Gasteiger partial charge in [0.25, 0.3) is 0 Å². The monoisotopic (exact) mass is 331 g/mol. The van der Waals surface area contributed by atoms with Crippen LogP contribution in [0.2, 0.25) is 0 Å². The van der Waals surface area contributed by atoms with E-state index >= 15 is 0 Å². The summed E-state index contributed by atoms with van der Waals surface area (Å²) in [6.45, 7) is 1.66. The number of rotatable bonds is 3. The van der Waals surface area contributed by atoms with Gasteiger partial charge in [-0.1, -0.05) is 12.1 Å². The van der Waals surface area contributed by atoms with E-state index in [0.29, 0.717) is 17.3 Å². The van der Waals surface area contributed by atoms with Crippen molar-refractivity contribution >= 4 is 10.9 Å². The van der Waals surface area contributed by atoms with Gasteiger partial charge in [-0.2, -0.15) is 10.4 Å². The molecule has 2 fully saturated rings. The minimum Gasteiger partial charge on any atom is -0.390 e. The fraction of sp³-hybridized carbons (Fsp3) is 0.368. The van der Waals surface area contributed by atoms with Gasteiger partial charge in [-0.25, -0.2) is 14.6 Å². The summed E-state index contributed by atoms with van der Waals surface area (Å²) < 4.78 is 1.76. The highest BCUT2D eigenvalue weighted by Gasteiger charge is 2.75. The highest BCUT2D eigenvalue weighted by molar-refractivity contribution is 5.81. The van der Waals surface area contributed by atoms with Gasteiger partial charge in [0.15, 0.2) is 5.82 Å². The molecule has 2 saturated carbocycles. The minimum atomic E-state index is -0.325. The van der Waals surface area contributed by atoms with Crippen LogP contribution >= 0.6 is 0 Å². The predicted octanol–water partition coefficient (Wildman–Crippen LogP) is 2.56. The number of hydrogen-bond acceptors (Lipinski definition) is 5. The maximum Gasteiger partial charge on any atom is 0.158 e. The van der Waals surface area contributed by atoms with E-state index in [-0.39, 0.29) is 17.4 Å². The Balaban J connectivity index is 1.67. The first kappa shape index (κ1) is 14.6. The second-order valence-corrected chi connectivity index (χ2v) is 7.23. The van der Waals surface area contributed by atoms with Gasteiger partial charge in [0, 0.05) is 11.5 Å². The van der Waals surface area contributed by atoms with E-state index in [1.54, 1.807) is 23.9 Å². The molecule has 0 unspecified atom stereocenters. The molecule has 6 heteroatoms. The van der Waals surface area contributed by atoms with Crippen molar-refractivity contribution in [2.24, 2.45) is 5.41 Å². The molecule has 1 spiro atoms. The van der Waals surface area contributed by atoms with Gasteiger partial charge in [0.05, 0.1) is 35.5 Å². The average Bonchev–Trinajstić information content (AvgIpc) is 3.50. The van der Waals surface area contributed by atoms with E-state index in [4.69, 9.17) is 0 Å². The Morgan fingerprint density at radius 1 is 1.28 bits per heavy atom. The number of aliphatic hydroxyl groups is 1. The molecule has 5 rings (SSSR count). The van der Waals surface area contributed by atoms with Crippen LogP contribution in [0.3, 0.4) is 0 Å². The lowest BCUT2D eigenvalue weighted by molar-refractivity contribution is 0.276. The van der Waals surface area contributed by atoms with Gasteiger partial charge in [0.2, 0.25) is 0 Å². The summed E-state index contributed by atoms with van der Waals surface area (Å²) >= 11 is 0. The third-order valence-electron chi connectivity index (χ3n) is 5.75. The van der Waals surface area contributed by atoms with Crippen molar-refractivity contribution in [1.82, 2.24) is 19.7 Å². The van der Waals surface area contributed by atoms with Crippen LogP contribution in [-0.4, -0.2) is 24.9 Å². The summed E-state index contributed by atoms with van der Waals surface area (Å²) in [5.41, 5.74) is 2.48.